The average Bonchev–Trinajstić information content (AvgIpc) is 2.95. The molecule has 0 atom stereocenters. The topological polar surface area (TPSA) is 39.9 Å². The number of aryl methyl sites for hydroxylation is 1. The summed E-state index contributed by atoms with van der Waals surface area (Å²) in [5.74, 6) is 0.595. The van der Waals surface area contributed by atoms with E-state index < -0.39 is 0 Å². The summed E-state index contributed by atoms with van der Waals surface area (Å²) in [6, 6.07) is 9.92. The number of hydrogen-bond acceptors (Lipinski definition) is 3. The normalized spacial score (nSPS) is 11.3. The van der Waals surface area contributed by atoms with Gasteiger partial charge in [0.2, 0.25) is 5.88 Å². The molecule has 0 saturated heterocycles. The van der Waals surface area contributed by atoms with E-state index in [4.69, 9.17) is 16.3 Å². The van der Waals surface area contributed by atoms with Gasteiger partial charge in [-0.2, -0.15) is 0 Å². The van der Waals surface area contributed by atoms with Crippen molar-refractivity contribution in [3.05, 3.63) is 53.9 Å². The molecule has 5 heteroatoms. The van der Waals surface area contributed by atoms with Gasteiger partial charge < -0.3 is 9.30 Å². The molecule has 4 aromatic rings. The lowest BCUT2D eigenvalue weighted by atomic mass is 10.0. The molecule has 0 N–H and O–H groups in total. The van der Waals surface area contributed by atoms with Crippen molar-refractivity contribution in [1.29, 1.82) is 0 Å². The van der Waals surface area contributed by atoms with Gasteiger partial charge >= 0.3 is 0 Å². The number of benzene rings is 1. The maximum atomic E-state index is 6.42. The quantitative estimate of drug-likeness (QED) is 0.532. The van der Waals surface area contributed by atoms with Gasteiger partial charge in [-0.1, -0.05) is 11.6 Å². The van der Waals surface area contributed by atoms with Crippen LogP contribution in [0.25, 0.3) is 32.9 Å². The van der Waals surface area contributed by atoms with Gasteiger partial charge in [0.1, 0.15) is 0 Å². The number of fused-ring (bicyclic) bond motifs is 3. The van der Waals surface area contributed by atoms with Gasteiger partial charge in [0.25, 0.3) is 0 Å². The lowest BCUT2D eigenvalue weighted by molar-refractivity contribution is 0.398. The van der Waals surface area contributed by atoms with Crippen LogP contribution in [0, 0.1) is 0 Å². The number of rotatable bonds is 3. The minimum atomic E-state index is 0.595. The van der Waals surface area contributed by atoms with Gasteiger partial charge in [0.05, 0.1) is 24.3 Å². The molecule has 1 aromatic carbocycles. The van der Waals surface area contributed by atoms with E-state index in [0.717, 1.165) is 39.5 Å². The second-order valence-corrected chi connectivity index (χ2v) is 6.01. The molecule has 0 radical (unpaired) electrons. The molecule has 3 aromatic heterocycles. The van der Waals surface area contributed by atoms with Gasteiger partial charge in [-0.25, -0.2) is 4.98 Å². The number of methoxy groups -OCH3 is 1. The third kappa shape index (κ3) is 2.22. The highest BCUT2D eigenvalue weighted by atomic mass is 35.5. The fraction of sp³-hybridized carbons (Fsp3) is 0.158. The molecule has 0 unspecified atom stereocenters. The molecule has 0 aliphatic rings. The maximum Gasteiger partial charge on any atom is 0.212 e. The summed E-state index contributed by atoms with van der Waals surface area (Å²) in [7, 11) is 1.61. The molecular weight excluding hydrogens is 322 g/mol. The molecule has 24 heavy (non-hydrogen) atoms. The zero-order chi connectivity index (χ0) is 16.7. The SMILES string of the molecule is CCn1c2cnccc2c2cc(Cl)cc(-c3ccc(OC)nc3)c21. The van der Waals surface area contributed by atoms with Gasteiger partial charge in [0, 0.05) is 51.9 Å². The Labute approximate surface area is 144 Å². The maximum absolute atomic E-state index is 6.42. The Morgan fingerprint density at radius 3 is 2.71 bits per heavy atom. The zero-order valence-corrected chi connectivity index (χ0v) is 14.2. The van der Waals surface area contributed by atoms with Crippen molar-refractivity contribution in [2.45, 2.75) is 13.5 Å². The van der Waals surface area contributed by atoms with Crippen LogP contribution in [0.3, 0.4) is 0 Å². The summed E-state index contributed by atoms with van der Waals surface area (Å²) in [4.78, 5) is 8.61. The molecule has 0 aliphatic heterocycles. The third-order valence-corrected chi connectivity index (χ3v) is 4.52. The molecule has 0 spiro atoms. The highest BCUT2D eigenvalue weighted by Gasteiger charge is 2.15. The van der Waals surface area contributed by atoms with E-state index in [-0.39, 0.29) is 0 Å². The first kappa shape index (κ1) is 15.0. The summed E-state index contributed by atoms with van der Waals surface area (Å²) in [6.45, 7) is 2.99. The Bertz CT molecular complexity index is 1040. The van der Waals surface area contributed by atoms with E-state index in [0.29, 0.717) is 10.9 Å². The lowest BCUT2D eigenvalue weighted by Gasteiger charge is -2.10. The average molecular weight is 338 g/mol. The monoisotopic (exact) mass is 337 g/mol. The number of halogens is 1. The van der Waals surface area contributed by atoms with Crippen molar-refractivity contribution in [2.75, 3.05) is 7.11 Å². The zero-order valence-electron chi connectivity index (χ0n) is 13.5. The Balaban J connectivity index is 2.11. The highest BCUT2D eigenvalue weighted by molar-refractivity contribution is 6.32. The van der Waals surface area contributed by atoms with Crippen LogP contribution >= 0.6 is 11.6 Å². The Kier molecular flexibility index (Phi) is 3.62. The fourth-order valence-electron chi connectivity index (χ4n) is 3.25. The molecule has 0 saturated carbocycles. The Morgan fingerprint density at radius 1 is 1.12 bits per heavy atom. The molecule has 120 valence electrons. The number of pyridine rings is 2. The molecular formula is C19H16ClN3O. The highest BCUT2D eigenvalue weighted by Crippen LogP contribution is 2.38. The second kappa shape index (κ2) is 5.80. The van der Waals surface area contributed by atoms with Crippen LogP contribution in [0.2, 0.25) is 5.02 Å². The van der Waals surface area contributed by atoms with Crippen molar-refractivity contribution in [2.24, 2.45) is 0 Å². The van der Waals surface area contributed by atoms with E-state index >= 15 is 0 Å². The van der Waals surface area contributed by atoms with Gasteiger partial charge in [-0.15, -0.1) is 0 Å². The molecule has 0 amide bonds. The van der Waals surface area contributed by atoms with Crippen LogP contribution < -0.4 is 4.74 Å². The van der Waals surface area contributed by atoms with Crippen LogP contribution in [-0.4, -0.2) is 21.6 Å². The predicted molar refractivity (Wildman–Crippen MR) is 97.7 cm³/mol. The molecule has 0 aliphatic carbocycles. The van der Waals surface area contributed by atoms with Gasteiger partial charge in [-0.05, 0) is 31.2 Å². The van der Waals surface area contributed by atoms with E-state index in [1.165, 1.54) is 0 Å². The van der Waals surface area contributed by atoms with Crippen molar-refractivity contribution in [1.82, 2.24) is 14.5 Å². The molecule has 4 nitrogen and oxygen atoms in total. The van der Waals surface area contributed by atoms with Crippen molar-refractivity contribution < 1.29 is 4.74 Å². The summed E-state index contributed by atoms with van der Waals surface area (Å²) < 4.78 is 7.43. The molecule has 0 fully saturated rings. The minimum Gasteiger partial charge on any atom is -0.481 e. The first-order valence-corrected chi connectivity index (χ1v) is 8.16. The van der Waals surface area contributed by atoms with Gasteiger partial charge in [0.15, 0.2) is 0 Å². The van der Waals surface area contributed by atoms with Crippen LogP contribution in [-0.2, 0) is 6.54 Å². The van der Waals surface area contributed by atoms with Crippen molar-refractivity contribution >= 4 is 33.4 Å². The van der Waals surface area contributed by atoms with E-state index in [9.17, 15) is 0 Å². The number of nitrogens with zero attached hydrogens (tertiary/aromatic N) is 3. The minimum absolute atomic E-state index is 0.595. The second-order valence-electron chi connectivity index (χ2n) is 5.58. The lowest BCUT2D eigenvalue weighted by Crippen LogP contribution is -1.96. The largest absolute Gasteiger partial charge is 0.481 e. The fourth-order valence-corrected chi connectivity index (χ4v) is 3.47. The van der Waals surface area contributed by atoms with E-state index in [1.54, 1.807) is 7.11 Å². The predicted octanol–water partition coefficient (Wildman–Crippen LogP) is 4.93. The van der Waals surface area contributed by atoms with E-state index in [2.05, 4.69) is 21.5 Å². The Morgan fingerprint density at radius 2 is 2.00 bits per heavy atom. The summed E-state index contributed by atoms with van der Waals surface area (Å²) >= 11 is 6.42. The van der Waals surface area contributed by atoms with Crippen molar-refractivity contribution in [3.8, 4) is 17.0 Å². The van der Waals surface area contributed by atoms with E-state index in [1.807, 2.05) is 48.9 Å². The van der Waals surface area contributed by atoms with Crippen LogP contribution in [0.15, 0.2) is 48.9 Å². The number of aromatic nitrogens is 3. The molecule has 0 bridgehead atoms. The summed E-state index contributed by atoms with van der Waals surface area (Å²) in [5.41, 5.74) is 4.33. The van der Waals surface area contributed by atoms with Gasteiger partial charge in [-0.3, -0.25) is 4.98 Å². The molecule has 3 heterocycles. The standard InChI is InChI=1S/C19H16ClN3O/c1-3-23-17-11-21-7-6-14(17)16-9-13(20)8-15(19(16)23)12-4-5-18(24-2)22-10-12/h4-11H,3H2,1-2H3. The third-order valence-electron chi connectivity index (χ3n) is 4.30. The van der Waals surface area contributed by atoms with Crippen LogP contribution in [0.1, 0.15) is 6.92 Å². The van der Waals surface area contributed by atoms with Crippen LogP contribution in [0.4, 0.5) is 0 Å². The number of hydrogen-bond donors (Lipinski definition) is 0. The number of ether oxygens (including phenoxy) is 1. The first-order valence-electron chi connectivity index (χ1n) is 7.78. The van der Waals surface area contributed by atoms with Crippen molar-refractivity contribution in [3.63, 3.8) is 0 Å². The smallest absolute Gasteiger partial charge is 0.212 e. The molecule has 4 rings (SSSR count). The first-order chi connectivity index (χ1) is 11.7. The Hall–Kier alpha value is -2.59. The van der Waals surface area contributed by atoms with Crippen LogP contribution in [0.5, 0.6) is 5.88 Å². The summed E-state index contributed by atoms with van der Waals surface area (Å²) in [5, 5.41) is 3.00. The summed E-state index contributed by atoms with van der Waals surface area (Å²) in [6.07, 6.45) is 5.54.